The molecule has 0 bridgehead atoms. The fourth-order valence-electron chi connectivity index (χ4n) is 3.93. The smallest absolute Gasteiger partial charge is 0.263 e. The maximum absolute atomic E-state index is 13.6. The van der Waals surface area contributed by atoms with Crippen LogP contribution in [0, 0.1) is 6.92 Å². The number of halogens is 1. The number of hydrogen-bond acceptors (Lipinski definition) is 5. The van der Waals surface area contributed by atoms with E-state index < -0.39 is 0 Å². The Balaban J connectivity index is 1.71. The van der Waals surface area contributed by atoms with Gasteiger partial charge in [0.05, 0.1) is 11.4 Å². The minimum Gasteiger partial charge on any atom is -0.361 e. The van der Waals surface area contributed by atoms with Crippen LogP contribution in [-0.2, 0) is 0 Å². The molecule has 3 aromatic heterocycles. The summed E-state index contributed by atoms with van der Waals surface area (Å²) in [6, 6.07) is 17.3. The summed E-state index contributed by atoms with van der Waals surface area (Å²) in [5.41, 5.74) is 2.97. The molecule has 0 aliphatic heterocycles. The lowest BCUT2D eigenvalue weighted by Crippen LogP contribution is -2.26. The summed E-state index contributed by atoms with van der Waals surface area (Å²) in [6.07, 6.45) is 1.43. The average molecular weight is 431 g/mol. The summed E-state index contributed by atoms with van der Waals surface area (Å²) in [7, 11) is 0. The first kappa shape index (κ1) is 19.3. The van der Waals surface area contributed by atoms with E-state index >= 15 is 0 Å². The summed E-state index contributed by atoms with van der Waals surface area (Å²) in [5, 5.41) is 12.8. The second-order valence-corrected chi connectivity index (χ2v) is 7.79. The predicted molar refractivity (Wildman–Crippen MR) is 123 cm³/mol. The van der Waals surface area contributed by atoms with Crippen molar-refractivity contribution in [1.29, 1.82) is 0 Å². The summed E-state index contributed by atoms with van der Waals surface area (Å²) in [5.74, 6) is 0.549. The van der Waals surface area contributed by atoms with Crippen molar-refractivity contribution in [2.45, 2.75) is 19.9 Å². The van der Waals surface area contributed by atoms with Gasteiger partial charge in [0.1, 0.15) is 22.7 Å². The molecule has 0 amide bonds. The van der Waals surface area contributed by atoms with Crippen LogP contribution >= 0.6 is 11.6 Å². The SMILES string of the molecule is Cc1cccc2cc(C(C)Nc3ncnc4n[nH]c(Cl)c34)n(-c3ccccc3)c(=O)c12. The number of aromatic amines is 1. The molecule has 0 aliphatic rings. The molecule has 2 aromatic carbocycles. The molecule has 154 valence electrons. The molecule has 0 radical (unpaired) electrons. The van der Waals surface area contributed by atoms with Gasteiger partial charge in [0.2, 0.25) is 0 Å². The molecular weight excluding hydrogens is 412 g/mol. The Hall–Kier alpha value is -3.71. The molecule has 0 saturated carbocycles. The second-order valence-electron chi connectivity index (χ2n) is 7.41. The molecule has 1 atom stereocenters. The van der Waals surface area contributed by atoms with Crippen molar-refractivity contribution in [2.24, 2.45) is 0 Å². The quantitative estimate of drug-likeness (QED) is 0.428. The highest BCUT2D eigenvalue weighted by Gasteiger charge is 2.19. The van der Waals surface area contributed by atoms with Crippen molar-refractivity contribution in [3.05, 3.63) is 87.7 Å². The number of nitrogens with one attached hydrogen (secondary N) is 2. The normalized spacial score (nSPS) is 12.4. The van der Waals surface area contributed by atoms with Crippen molar-refractivity contribution in [1.82, 2.24) is 24.7 Å². The molecule has 0 fully saturated rings. The number of anilines is 1. The Bertz CT molecular complexity index is 1470. The van der Waals surface area contributed by atoms with Gasteiger partial charge in [-0.3, -0.25) is 14.5 Å². The monoisotopic (exact) mass is 430 g/mol. The number of hydrogen-bond donors (Lipinski definition) is 2. The molecule has 5 aromatic rings. The van der Waals surface area contributed by atoms with Crippen LogP contribution < -0.4 is 10.9 Å². The Labute approximate surface area is 182 Å². The fourth-order valence-corrected chi connectivity index (χ4v) is 4.14. The van der Waals surface area contributed by atoms with Crippen LogP contribution in [0.3, 0.4) is 0 Å². The van der Waals surface area contributed by atoms with Crippen LogP contribution in [0.25, 0.3) is 27.5 Å². The van der Waals surface area contributed by atoms with Gasteiger partial charge in [-0.05, 0) is 43.0 Å². The Morgan fingerprint density at radius 3 is 2.68 bits per heavy atom. The lowest BCUT2D eigenvalue weighted by molar-refractivity contribution is 0.774. The molecule has 31 heavy (non-hydrogen) atoms. The van der Waals surface area contributed by atoms with E-state index in [0.717, 1.165) is 22.3 Å². The molecule has 7 nitrogen and oxygen atoms in total. The molecule has 3 heterocycles. The summed E-state index contributed by atoms with van der Waals surface area (Å²) in [6.45, 7) is 3.94. The average Bonchev–Trinajstić information content (AvgIpc) is 3.16. The van der Waals surface area contributed by atoms with E-state index in [9.17, 15) is 4.79 Å². The third-order valence-corrected chi connectivity index (χ3v) is 5.68. The predicted octanol–water partition coefficient (Wildman–Crippen LogP) is 4.79. The second kappa shape index (κ2) is 7.52. The van der Waals surface area contributed by atoms with Gasteiger partial charge in [0.15, 0.2) is 5.65 Å². The number of H-pyrrole nitrogens is 1. The third kappa shape index (κ3) is 3.23. The molecule has 0 saturated heterocycles. The molecule has 2 N–H and O–H groups in total. The van der Waals surface area contributed by atoms with Gasteiger partial charge in [-0.1, -0.05) is 48.0 Å². The molecule has 8 heteroatoms. The van der Waals surface area contributed by atoms with Crippen molar-refractivity contribution >= 4 is 39.2 Å². The minimum atomic E-state index is -0.262. The highest BCUT2D eigenvalue weighted by Crippen LogP contribution is 2.29. The van der Waals surface area contributed by atoms with Gasteiger partial charge in [0, 0.05) is 11.4 Å². The van der Waals surface area contributed by atoms with Gasteiger partial charge in [-0.2, -0.15) is 5.10 Å². The highest BCUT2D eigenvalue weighted by molar-refractivity contribution is 6.35. The topological polar surface area (TPSA) is 88.5 Å². The largest absolute Gasteiger partial charge is 0.361 e. The third-order valence-electron chi connectivity index (χ3n) is 5.40. The summed E-state index contributed by atoms with van der Waals surface area (Å²) in [4.78, 5) is 22.1. The van der Waals surface area contributed by atoms with E-state index in [2.05, 4.69) is 25.5 Å². The minimum absolute atomic E-state index is 0.0559. The Morgan fingerprint density at radius 1 is 1.06 bits per heavy atom. The van der Waals surface area contributed by atoms with Gasteiger partial charge >= 0.3 is 0 Å². The van der Waals surface area contributed by atoms with E-state index in [1.807, 2.05) is 68.4 Å². The van der Waals surface area contributed by atoms with Crippen LogP contribution in [-0.4, -0.2) is 24.7 Å². The standard InChI is InChI=1S/C23H19ClN6O/c1-13-7-6-8-15-11-17(30(23(31)18(13)15)16-9-4-3-5-10-16)14(2)27-21-19-20(24)28-29-22(19)26-12-25-21/h3-12,14H,1-2H3,(H2,25,26,27,28,29). The Morgan fingerprint density at radius 2 is 1.87 bits per heavy atom. The fraction of sp³-hybridized carbons (Fsp3) is 0.130. The molecule has 0 aliphatic carbocycles. The summed E-state index contributed by atoms with van der Waals surface area (Å²) >= 11 is 6.26. The zero-order chi connectivity index (χ0) is 21.5. The van der Waals surface area contributed by atoms with E-state index in [4.69, 9.17) is 11.6 Å². The van der Waals surface area contributed by atoms with E-state index in [-0.39, 0.29) is 11.6 Å². The maximum Gasteiger partial charge on any atom is 0.263 e. The molecular formula is C23H19ClN6O. The maximum atomic E-state index is 13.6. The van der Waals surface area contributed by atoms with Crippen LogP contribution in [0.15, 0.2) is 65.7 Å². The first-order valence-electron chi connectivity index (χ1n) is 9.86. The van der Waals surface area contributed by atoms with Gasteiger partial charge in [0.25, 0.3) is 5.56 Å². The van der Waals surface area contributed by atoms with Crippen molar-refractivity contribution in [3.8, 4) is 5.69 Å². The van der Waals surface area contributed by atoms with Crippen molar-refractivity contribution in [2.75, 3.05) is 5.32 Å². The first-order chi connectivity index (χ1) is 15.0. The first-order valence-corrected chi connectivity index (χ1v) is 10.2. The number of aryl methyl sites for hydroxylation is 1. The Kier molecular flexibility index (Phi) is 4.67. The summed E-state index contributed by atoms with van der Waals surface area (Å²) < 4.78 is 1.75. The molecule has 0 spiro atoms. The number of para-hydroxylation sites is 1. The molecule has 5 rings (SSSR count). The van der Waals surface area contributed by atoms with Crippen molar-refractivity contribution in [3.63, 3.8) is 0 Å². The number of nitrogens with zero attached hydrogens (tertiary/aromatic N) is 4. The zero-order valence-corrected chi connectivity index (χ0v) is 17.7. The number of aromatic nitrogens is 5. The van der Waals surface area contributed by atoms with Gasteiger partial charge < -0.3 is 5.32 Å². The van der Waals surface area contributed by atoms with E-state index in [1.54, 1.807) is 4.57 Å². The zero-order valence-electron chi connectivity index (χ0n) is 16.9. The lowest BCUT2D eigenvalue weighted by Gasteiger charge is -2.22. The lowest BCUT2D eigenvalue weighted by atomic mass is 10.0. The van der Waals surface area contributed by atoms with Crippen LogP contribution in [0.1, 0.15) is 24.2 Å². The van der Waals surface area contributed by atoms with Crippen molar-refractivity contribution < 1.29 is 0 Å². The van der Waals surface area contributed by atoms with Crippen LogP contribution in [0.5, 0.6) is 0 Å². The molecule has 1 unspecified atom stereocenters. The highest BCUT2D eigenvalue weighted by atomic mass is 35.5. The number of fused-ring (bicyclic) bond motifs is 2. The van der Waals surface area contributed by atoms with Gasteiger partial charge in [-0.25, -0.2) is 9.97 Å². The van der Waals surface area contributed by atoms with Gasteiger partial charge in [-0.15, -0.1) is 0 Å². The van der Waals surface area contributed by atoms with Crippen LogP contribution in [0.4, 0.5) is 5.82 Å². The number of rotatable bonds is 4. The van der Waals surface area contributed by atoms with E-state index in [1.165, 1.54) is 6.33 Å². The number of pyridine rings is 1. The van der Waals surface area contributed by atoms with Crippen LogP contribution in [0.2, 0.25) is 5.15 Å². The number of benzene rings is 2. The van der Waals surface area contributed by atoms with E-state index in [0.29, 0.717) is 27.4 Å².